The van der Waals surface area contributed by atoms with E-state index in [0.717, 1.165) is 38.3 Å². The molecule has 3 nitrogen and oxygen atoms in total. The van der Waals surface area contributed by atoms with E-state index in [2.05, 4.69) is 11.8 Å². The van der Waals surface area contributed by atoms with Crippen LogP contribution in [0.3, 0.4) is 0 Å². The van der Waals surface area contributed by atoms with E-state index in [-0.39, 0.29) is 5.92 Å². The first-order chi connectivity index (χ1) is 8.72. The van der Waals surface area contributed by atoms with Crippen LogP contribution < -0.4 is 0 Å². The molecule has 0 bridgehead atoms. The van der Waals surface area contributed by atoms with Crippen molar-refractivity contribution in [2.45, 2.75) is 64.3 Å². The molecule has 18 heavy (non-hydrogen) atoms. The second-order valence-electron chi connectivity index (χ2n) is 6.06. The summed E-state index contributed by atoms with van der Waals surface area (Å²) >= 11 is 0. The Kier molecular flexibility index (Phi) is 5.04. The van der Waals surface area contributed by atoms with E-state index < -0.39 is 5.97 Å². The summed E-state index contributed by atoms with van der Waals surface area (Å²) in [6.07, 6.45) is 9.58. The maximum atomic E-state index is 11.3. The standard InChI is InChI=1S/C15H27NO2/c1-2-5-12-6-4-10-16(11-9-12)14-8-3-7-13(14)15(17)18/h12-14H,2-11H2,1H3,(H,17,18). The summed E-state index contributed by atoms with van der Waals surface area (Å²) < 4.78 is 0. The number of carboxylic acids is 1. The number of carbonyl (C=O) groups is 1. The molecule has 3 heteroatoms. The molecule has 1 heterocycles. The van der Waals surface area contributed by atoms with E-state index in [1.54, 1.807) is 0 Å². The summed E-state index contributed by atoms with van der Waals surface area (Å²) in [5.41, 5.74) is 0. The van der Waals surface area contributed by atoms with Gasteiger partial charge in [0.05, 0.1) is 5.92 Å². The maximum absolute atomic E-state index is 11.3. The molecule has 1 saturated carbocycles. The lowest BCUT2D eigenvalue weighted by Crippen LogP contribution is -2.41. The predicted molar refractivity (Wildman–Crippen MR) is 72.6 cm³/mol. The SMILES string of the molecule is CCCC1CCCN(C2CCCC2C(=O)O)CC1. The molecule has 1 aliphatic heterocycles. The van der Waals surface area contributed by atoms with Crippen LogP contribution in [0.5, 0.6) is 0 Å². The number of likely N-dealkylation sites (tertiary alicyclic amines) is 1. The summed E-state index contributed by atoms with van der Waals surface area (Å²) in [5.74, 6) is 0.198. The molecule has 1 saturated heterocycles. The maximum Gasteiger partial charge on any atom is 0.308 e. The summed E-state index contributed by atoms with van der Waals surface area (Å²) in [6.45, 7) is 4.51. The Labute approximate surface area is 111 Å². The van der Waals surface area contributed by atoms with Crippen molar-refractivity contribution >= 4 is 5.97 Å². The van der Waals surface area contributed by atoms with E-state index in [1.807, 2.05) is 0 Å². The summed E-state index contributed by atoms with van der Waals surface area (Å²) in [6, 6.07) is 0.322. The first-order valence-corrected chi connectivity index (χ1v) is 7.69. The van der Waals surface area contributed by atoms with Crippen LogP contribution in [0.1, 0.15) is 58.3 Å². The second kappa shape index (κ2) is 6.55. The van der Waals surface area contributed by atoms with Crippen molar-refractivity contribution < 1.29 is 9.90 Å². The molecule has 0 aromatic carbocycles. The fourth-order valence-corrected chi connectivity index (χ4v) is 3.88. The molecular weight excluding hydrogens is 226 g/mol. The van der Waals surface area contributed by atoms with Crippen molar-refractivity contribution in [2.24, 2.45) is 11.8 Å². The van der Waals surface area contributed by atoms with E-state index in [0.29, 0.717) is 6.04 Å². The number of hydrogen-bond donors (Lipinski definition) is 1. The minimum atomic E-state index is -0.577. The Morgan fingerprint density at radius 3 is 2.72 bits per heavy atom. The number of carboxylic acid groups (broad SMARTS) is 1. The third-order valence-corrected chi connectivity index (χ3v) is 4.84. The largest absolute Gasteiger partial charge is 0.481 e. The van der Waals surface area contributed by atoms with Gasteiger partial charge in [-0.1, -0.05) is 26.2 Å². The van der Waals surface area contributed by atoms with E-state index in [1.165, 1.54) is 32.1 Å². The minimum absolute atomic E-state index is 0.104. The summed E-state index contributed by atoms with van der Waals surface area (Å²) in [5, 5.41) is 9.29. The van der Waals surface area contributed by atoms with Gasteiger partial charge in [0.25, 0.3) is 0 Å². The van der Waals surface area contributed by atoms with Crippen molar-refractivity contribution in [1.29, 1.82) is 0 Å². The van der Waals surface area contributed by atoms with Gasteiger partial charge in [-0.25, -0.2) is 0 Å². The number of hydrogen-bond acceptors (Lipinski definition) is 2. The third-order valence-electron chi connectivity index (χ3n) is 4.84. The quantitative estimate of drug-likeness (QED) is 0.836. The number of rotatable bonds is 4. The molecular formula is C15H27NO2. The van der Waals surface area contributed by atoms with Crippen LogP contribution in [0.15, 0.2) is 0 Å². The summed E-state index contributed by atoms with van der Waals surface area (Å²) in [7, 11) is 0. The zero-order valence-electron chi connectivity index (χ0n) is 11.6. The monoisotopic (exact) mass is 253 g/mol. The average Bonchev–Trinajstić information content (AvgIpc) is 2.72. The summed E-state index contributed by atoms with van der Waals surface area (Å²) in [4.78, 5) is 13.8. The smallest absolute Gasteiger partial charge is 0.308 e. The minimum Gasteiger partial charge on any atom is -0.481 e. The molecule has 0 aromatic heterocycles. The Hall–Kier alpha value is -0.570. The van der Waals surface area contributed by atoms with Crippen LogP contribution in [0, 0.1) is 11.8 Å². The van der Waals surface area contributed by atoms with Gasteiger partial charge in [-0.05, 0) is 51.1 Å². The van der Waals surface area contributed by atoms with Crippen LogP contribution >= 0.6 is 0 Å². The predicted octanol–water partition coefficient (Wildman–Crippen LogP) is 3.14. The Balaban J connectivity index is 1.91. The molecule has 0 amide bonds. The molecule has 0 spiro atoms. The fraction of sp³-hybridized carbons (Fsp3) is 0.933. The van der Waals surface area contributed by atoms with E-state index >= 15 is 0 Å². The van der Waals surface area contributed by atoms with Crippen LogP contribution in [-0.4, -0.2) is 35.1 Å². The van der Waals surface area contributed by atoms with Gasteiger partial charge in [0.2, 0.25) is 0 Å². The van der Waals surface area contributed by atoms with Gasteiger partial charge < -0.3 is 5.11 Å². The zero-order valence-corrected chi connectivity index (χ0v) is 11.6. The highest BCUT2D eigenvalue weighted by atomic mass is 16.4. The fourth-order valence-electron chi connectivity index (χ4n) is 3.88. The van der Waals surface area contributed by atoms with Gasteiger partial charge in [0.1, 0.15) is 0 Å². The zero-order chi connectivity index (χ0) is 13.0. The lowest BCUT2D eigenvalue weighted by atomic mass is 9.96. The van der Waals surface area contributed by atoms with Crippen LogP contribution in [-0.2, 0) is 4.79 Å². The van der Waals surface area contributed by atoms with Crippen molar-refractivity contribution in [3.8, 4) is 0 Å². The van der Waals surface area contributed by atoms with Gasteiger partial charge in [0, 0.05) is 6.04 Å². The van der Waals surface area contributed by atoms with Crippen molar-refractivity contribution in [3.63, 3.8) is 0 Å². The third kappa shape index (κ3) is 3.25. The number of aliphatic carboxylic acids is 1. The normalized spacial score (nSPS) is 34.4. The highest BCUT2D eigenvalue weighted by Gasteiger charge is 2.37. The molecule has 3 unspecified atom stereocenters. The molecule has 2 fully saturated rings. The topological polar surface area (TPSA) is 40.5 Å². The van der Waals surface area contributed by atoms with Crippen LogP contribution in [0.4, 0.5) is 0 Å². The van der Waals surface area contributed by atoms with Crippen LogP contribution in [0.25, 0.3) is 0 Å². The lowest BCUT2D eigenvalue weighted by Gasteiger charge is -2.30. The Morgan fingerprint density at radius 1 is 1.17 bits per heavy atom. The molecule has 0 aromatic rings. The van der Waals surface area contributed by atoms with Gasteiger partial charge in [-0.3, -0.25) is 9.69 Å². The molecule has 3 atom stereocenters. The molecule has 1 N–H and O–H groups in total. The van der Waals surface area contributed by atoms with Gasteiger partial charge >= 0.3 is 5.97 Å². The Bertz CT molecular complexity index is 280. The molecule has 1 aliphatic carbocycles. The first-order valence-electron chi connectivity index (χ1n) is 7.69. The van der Waals surface area contributed by atoms with Gasteiger partial charge in [0.15, 0.2) is 0 Å². The second-order valence-corrected chi connectivity index (χ2v) is 6.06. The highest BCUT2D eigenvalue weighted by molar-refractivity contribution is 5.71. The average molecular weight is 253 g/mol. The van der Waals surface area contributed by atoms with Crippen molar-refractivity contribution in [3.05, 3.63) is 0 Å². The first kappa shape index (κ1) is 13.9. The van der Waals surface area contributed by atoms with E-state index in [9.17, 15) is 9.90 Å². The molecule has 2 aliphatic rings. The van der Waals surface area contributed by atoms with Crippen molar-refractivity contribution in [2.75, 3.05) is 13.1 Å². The lowest BCUT2D eigenvalue weighted by molar-refractivity contribution is -0.143. The molecule has 0 radical (unpaired) electrons. The molecule has 2 rings (SSSR count). The van der Waals surface area contributed by atoms with Crippen LogP contribution in [0.2, 0.25) is 0 Å². The highest BCUT2D eigenvalue weighted by Crippen LogP contribution is 2.33. The van der Waals surface area contributed by atoms with Crippen molar-refractivity contribution in [1.82, 2.24) is 4.90 Å². The van der Waals surface area contributed by atoms with Gasteiger partial charge in [-0.2, -0.15) is 0 Å². The van der Waals surface area contributed by atoms with Gasteiger partial charge in [-0.15, -0.1) is 0 Å². The number of nitrogens with zero attached hydrogens (tertiary/aromatic N) is 1. The molecule has 104 valence electrons. The van der Waals surface area contributed by atoms with E-state index in [4.69, 9.17) is 0 Å². The Morgan fingerprint density at radius 2 is 2.00 bits per heavy atom.